The van der Waals surface area contributed by atoms with Crippen molar-refractivity contribution in [3.63, 3.8) is 0 Å². The normalized spacial score (nSPS) is 22.7. The Bertz CT molecular complexity index is 202. The number of carbonyl (C=O) groups excluding carboxylic acids is 1. The molecule has 2 atom stereocenters. The number of ether oxygens (including phenoxy) is 2. The quantitative estimate of drug-likeness (QED) is 0.684. The third-order valence-electron chi connectivity index (χ3n) is 2.90. The fourth-order valence-corrected chi connectivity index (χ4v) is 1.77. The molecule has 0 N–H and O–H groups in total. The fraction of sp³-hybridized carbons (Fsp3) is 0.909. The summed E-state index contributed by atoms with van der Waals surface area (Å²) in [4.78, 5) is 13.7. The second kappa shape index (κ2) is 6.08. The number of likely N-dealkylation sites (N-methyl/N-ethyl adjacent to an activating group) is 1. The van der Waals surface area contributed by atoms with Crippen LogP contribution in [0.1, 0.15) is 20.3 Å². The van der Waals surface area contributed by atoms with Crippen LogP contribution < -0.4 is 0 Å². The molecule has 1 heterocycles. The van der Waals surface area contributed by atoms with Crippen LogP contribution in [-0.2, 0) is 14.3 Å². The van der Waals surface area contributed by atoms with Crippen molar-refractivity contribution in [2.45, 2.75) is 26.4 Å². The summed E-state index contributed by atoms with van der Waals surface area (Å²) in [6.07, 6.45) is 0.720. The molecule has 0 radical (unpaired) electrons. The van der Waals surface area contributed by atoms with Crippen molar-refractivity contribution in [2.75, 3.05) is 33.4 Å². The number of hydrogen-bond acceptors (Lipinski definition) is 3. The zero-order chi connectivity index (χ0) is 11.3. The maximum atomic E-state index is 11.9. The maximum Gasteiger partial charge on any atom is 0.251 e. The molecule has 0 aromatic rings. The van der Waals surface area contributed by atoms with Gasteiger partial charge in [-0.1, -0.05) is 0 Å². The monoisotopic (exact) mass is 215 g/mol. The Morgan fingerprint density at radius 2 is 2.40 bits per heavy atom. The van der Waals surface area contributed by atoms with E-state index in [1.807, 2.05) is 11.8 Å². The van der Waals surface area contributed by atoms with Gasteiger partial charge in [0.15, 0.2) is 0 Å². The molecule has 1 fully saturated rings. The number of hydrogen-bond donors (Lipinski definition) is 0. The molecule has 0 saturated carbocycles. The van der Waals surface area contributed by atoms with Gasteiger partial charge < -0.3 is 14.4 Å². The van der Waals surface area contributed by atoms with Crippen LogP contribution in [0.5, 0.6) is 0 Å². The highest BCUT2D eigenvalue weighted by Crippen LogP contribution is 2.14. The van der Waals surface area contributed by atoms with E-state index in [1.54, 1.807) is 14.0 Å². The lowest BCUT2D eigenvalue weighted by atomic mass is 10.1. The van der Waals surface area contributed by atoms with E-state index in [0.717, 1.165) is 32.7 Å². The Morgan fingerprint density at radius 1 is 1.67 bits per heavy atom. The zero-order valence-corrected chi connectivity index (χ0v) is 9.86. The number of carbonyl (C=O) groups is 1. The molecule has 0 aliphatic carbocycles. The molecule has 4 heteroatoms. The Hall–Kier alpha value is -0.610. The highest BCUT2D eigenvalue weighted by molar-refractivity contribution is 5.80. The lowest BCUT2D eigenvalue weighted by molar-refractivity contribution is -0.141. The third-order valence-corrected chi connectivity index (χ3v) is 2.90. The van der Waals surface area contributed by atoms with E-state index >= 15 is 0 Å². The lowest BCUT2D eigenvalue weighted by Gasteiger charge is -2.26. The number of nitrogens with zero attached hydrogens (tertiary/aromatic N) is 1. The Kier molecular flexibility index (Phi) is 5.05. The first-order valence-corrected chi connectivity index (χ1v) is 5.58. The van der Waals surface area contributed by atoms with Gasteiger partial charge in [-0.25, -0.2) is 0 Å². The summed E-state index contributed by atoms with van der Waals surface area (Å²) >= 11 is 0. The largest absolute Gasteiger partial charge is 0.381 e. The third kappa shape index (κ3) is 3.47. The van der Waals surface area contributed by atoms with Crippen LogP contribution in [0.3, 0.4) is 0 Å². The van der Waals surface area contributed by atoms with E-state index in [0.29, 0.717) is 5.92 Å². The van der Waals surface area contributed by atoms with Crippen molar-refractivity contribution < 1.29 is 14.3 Å². The molecule has 1 saturated heterocycles. The van der Waals surface area contributed by atoms with Crippen molar-refractivity contribution in [3.8, 4) is 0 Å². The van der Waals surface area contributed by atoms with Gasteiger partial charge in [0.1, 0.15) is 6.10 Å². The van der Waals surface area contributed by atoms with Crippen LogP contribution >= 0.6 is 0 Å². The fourth-order valence-electron chi connectivity index (χ4n) is 1.77. The second-order valence-electron chi connectivity index (χ2n) is 3.98. The molecule has 1 aliphatic rings. The molecule has 15 heavy (non-hydrogen) atoms. The summed E-state index contributed by atoms with van der Waals surface area (Å²) in [6, 6.07) is 0. The first-order valence-electron chi connectivity index (χ1n) is 5.58. The molecular formula is C11H21NO3. The average Bonchev–Trinajstić information content (AvgIpc) is 2.76. The van der Waals surface area contributed by atoms with E-state index in [1.165, 1.54) is 0 Å². The Morgan fingerprint density at radius 3 is 2.87 bits per heavy atom. The topological polar surface area (TPSA) is 38.8 Å². The van der Waals surface area contributed by atoms with Crippen molar-refractivity contribution >= 4 is 5.91 Å². The van der Waals surface area contributed by atoms with Gasteiger partial charge in [-0.2, -0.15) is 0 Å². The summed E-state index contributed by atoms with van der Waals surface area (Å²) < 4.78 is 10.3. The van der Waals surface area contributed by atoms with Crippen LogP contribution in [0.2, 0.25) is 0 Å². The van der Waals surface area contributed by atoms with E-state index < -0.39 is 0 Å². The summed E-state index contributed by atoms with van der Waals surface area (Å²) in [5.41, 5.74) is 0. The molecule has 0 aromatic heterocycles. The summed E-state index contributed by atoms with van der Waals surface area (Å²) in [5.74, 6) is 0.574. The maximum absolute atomic E-state index is 11.9. The average molecular weight is 215 g/mol. The van der Waals surface area contributed by atoms with Gasteiger partial charge in [-0.15, -0.1) is 0 Å². The molecule has 2 unspecified atom stereocenters. The predicted octanol–water partition coefficient (Wildman–Crippen LogP) is 0.906. The first kappa shape index (κ1) is 12.5. The molecule has 1 amide bonds. The highest BCUT2D eigenvalue weighted by atomic mass is 16.5. The number of amides is 1. The minimum atomic E-state index is -0.340. The Labute approximate surface area is 91.5 Å². The van der Waals surface area contributed by atoms with Crippen LogP contribution in [0, 0.1) is 5.92 Å². The Balaban J connectivity index is 2.43. The lowest BCUT2D eigenvalue weighted by Crippen LogP contribution is -2.41. The van der Waals surface area contributed by atoms with Crippen molar-refractivity contribution in [1.29, 1.82) is 0 Å². The van der Waals surface area contributed by atoms with E-state index in [4.69, 9.17) is 9.47 Å². The van der Waals surface area contributed by atoms with Gasteiger partial charge in [-0.05, 0) is 20.3 Å². The van der Waals surface area contributed by atoms with Gasteiger partial charge in [0.2, 0.25) is 0 Å². The molecule has 88 valence electrons. The summed E-state index contributed by atoms with van der Waals surface area (Å²) in [6.45, 7) is 6.93. The van der Waals surface area contributed by atoms with Crippen molar-refractivity contribution in [3.05, 3.63) is 0 Å². The van der Waals surface area contributed by atoms with Crippen LogP contribution in [0.4, 0.5) is 0 Å². The van der Waals surface area contributed by atoms with Gasteiger partial charge in [0.05, 0.1) is 6.61 Å². The molecular weight excluding hydrogens is 194 g/mol. The van der Waals surface area contributed by atoms with Crippen molar-refractivity contribution in [2.24, 2.45) is 5.92 Å². The minimum absolute atomic E-state index is 0.0758. The summed E-state index contributed by atoms with van der Waals surface area (Å²) in [5, 5.41) is 0. The first-order chi connectivity index (χ1) is 7.19. The molecule has 1 rings (SSSR count). The molecule has 4 nitrogen and oxygen atoms in total. The van der Waals surface area contributed by atoms with Crippen LogP contribution in [-0.4, -0.2) is 50.3 Å². The van der Waals surface area contributed by atoms with Crippen molar-refractivity contribution in [1.82, 2.24) is 4.90 Å². The molecule has 0 spiro atoms. The minimum Gasteiger partial charge on any atom is -0.381 e. The second-order valence-corrected chi connectivity index (χ2v) is 3.98. The zero-order valence-electron chi connectivity index (χ0n) is 9.86. The SMILES string of the molecule is CCN(CC1CCOC1)C(=O)C(C)OC. The van der Waals surface area contributed by atoms with Gasteiger partial charge >= 0.3 is 0 Å². The van der Waals surface area contributed by atoms with Gasteiger partial charge in [0.25, 0.3) is 5.91 Å². The highest BCUT2D eigenvalue weighted by Gasteiger charge is 2.24. The van der Waals surface area contributed by atoms with Gasteiger partial charge in [0, 0.05) is 32.7 Å². The van der Waals surface area contributed by atoms with E-state index in [2.05, 4.69) is 0 Å². The number of methoxy groups -OCH3 is 1. The van der Waals surface area contributed by atoms with Gasteiger partial charge in [-0.3, -0.25) is 4.79 Å². The molecule has 0 bridgehead atoms. The predicted molar refractivity (Wildman–Crippen MR) is 57.7 cm³/mol. The molecule has 0 aromatic carbocycles. The molecule has 1 aliphatic heterocycles. The summed E-state index contributed by atoms with van der Waals surface area (Å²) in [7, 11) is 1.56. The van der Waals surface area contributed by atoms with E-state index in [9.17, 15) is 4.79 Å². The van der Waals surface area contributed by atoms with Crippen LogP contribution in [0.25, 0.3) is 0 Å². The number of rotatable bonds is 5. The smallest absolute Gasteiger partial charge is 0.251 e. The van der Waals surface area contributed by atoms with E-state index in [-0.39, 0.29) is 12.0 Å². The standard InChI is InChI=1S/C11H21NO3/c1-4-12(11(13)9(2)14-3)7-10-5-6-15-8-10/h9-10H,4-8H2,1-3H3. The van der Waals surface area contributed by atoms with Crippen LogP contribution in [0.15, 0.2) is 0 Å².